The molecule has 0 aliphatic heterocycles. The number of rotatable bonds is 6. The van der Waals surface area contributed by atoms with Gasteiger partial charge in [0.15, 0.2) is 0 Å². The lowest BCUT2D eigenvalue weighted by Gasteiger charge is -2.28. The fourth-order valence-corrected chi connectivity index (χ4v) is 2.85. The van der Waals surface area contributed by atoms with E-state index in [9.17, 15) is 0 Å². The molecule has 13 heavy (non-hydrogen) atoms. The number of hydrogen-bond acceptors (Lipinski definition) is 1. The second kappa shape index (κ2) is 5.16. The molecule has 0 spiro atoms. The van der Waals surface area contributed by atoms with Gasteiger partial charge in [-0.05, 0) is 24.8 Å². The summed E-state index contributed by atoms with van der Waals surface area (Å²) in [5.74, 6) is 0. The molecule has 0 amide bonds. The van der Waals surface area contributed by atoms with Crippen molar-refractivity contribution >= 4 is 8.07 Å². The normalized spacial score (nSPS) is 13.4. The lowest BCUT2D eigenvalue weighted by Crippen LogP contribution is -2.23. The third-order valence-corrected chi connectivity index (χ3v) is 4.36. The van der Waals surface area contributed by atoms with Crippen LogP contribution in [0.15, 0.2) is 0 Å². The Kier molecular flexibility index (Phi) is 5.23. The van der Waals surface area contributed by atoms with E-state index in [2.05, 4.69) is 33.5 Å². The lowest BCUT2D eigenvalue weighted by molar-refractivity contribution is 0.313. The smallest absolute Gasteiger partial charge is 0.0442 e. The zero-order chi connectivity index (χ0) is 10.5. The predicted octanol–water partition coefficient (Wildman–Crippen LogP) is 3.48. The maximum Gasteiger partial charge on any atom is 0.0442 e. The van der Waals surface area contributed by atoms with Crippen molar-refractivity contribution in [3.63, 3.8) is 0 Å². The highest BCUT2D eigenvalue weighted by atomic mass is 28.3. The van der Waals surface area contributed by atoms with Crippen LogP contribution in [0.3, 0.4) is 0 Å². The van der Waals surface area contributed by atoms with E-state index in [0.717, 1.165) is 6.54 Å². The molecular formula is C11H27NSi. The summed E-state index contributed by atoms with van der Waals surface area (Å²) in [5.41, 5.74) is 6.04. The molecule has 0 aromatic carbocycles. The van der Waals surface area contributed by atoms with E-state index in [0.29, 0.717) is 5.41 Å². The van der Waals surface area contributed by atoms with Crippen LogP contribution < -0.4 is 5.73 Å². The summed E-state index contributed by atoms with van der Waals surface area (Å²) in [4.78, 5) is 0. The maximum absolute atomic E-state index is 5.53. The van der Waals surface area contributed by atoms with Crippen LogP contribution in [-0.2, 0) is 0 Å². The van der Waals surface area contributed by atoms with Gasteiger partial charge < -0.3 is 5.73 Å². The van der Waals surface area contributed by atoms with Gasteiger partial charge in [0.2, 0.25) is 0 Å². The standard InChI is InChI=1S/C11H27NSi/c1-11(2,7-6-9-12)8-10-13(3,4)5/h6-10,12H2,1-5H3. The van der Waals surface area contributed by atoms with E-state index in [1.54, 1.807) is 0 Å². The molecule has 0 heterocycles. The van der Waals surface area contributed by atoms with E-state index < -0.39 is 8.07 Å². The highest BCUT2D eigenvalue weighted by molar-refractivity contribution is 6.76. The van der Waals surface area contributed by atoms with Crippen molar-refractivity contribution in [2.45, 2.75) is 58.8 Å². The molecule has 0 aliphatic carbocycles. The molecule has 0 aliphatic rings. The Morgan fingerprint density at radius 3 is 2.00 bits per heavy atom. The van der Waals surface area contributed by atoms with Gasteiger partial charge in [0.05, 0.1) is 0 Å². The van der Waals surface area contributed by atoms with E-state index in [1.165, 1.54) is 25.3 Å². The molecular weight excluding hydrogens is 174 g/mol. The summed E-state index contributed by atoms with van der Waals surface area (Å²) < 4.78 is 0. The second-order valence-electron chi connectivity index (χ2n) is 6.12. The van der Waals surface area contributed by atoms with Gasteiger partial charge in [-0.3, -0.25) is 0 Å². The number of hydrogen-bond donors (Lipinski definition) is 1. The van der Waals surface area contributed by atoms with Gasteiger partial charge in [0, 0.05) is 8.07 Å². The van der Waals surface area contributed by atoms with Gasteiger partial charge in [0.1, 0.15) is 0 Å². The largest absolute Gasteiger partial charge is 0.330 e. The fourth-order valence-electron chi connectivity index (χ4n) is 1.42. The van der Waals surface area contributed by atoms with Crippen molar-refractivity contribution < 1.29 is 0 Å². The summed E-state index contributed by atoms with van der Waals surface area (Å²) in [6, 6.07) is 1.45. The van der Waals surface area contributed by atoms with Crippen LogP contribution >= 0.6 is 0 Å². The van der Waals surface area contributed by atoms with Gasteiger partial charge >= 0.3 is 0 Å². The van der Waals surface area contributed by atoms with Crippen LogP contribution in [0.1, 0.15) is 33.1 Å². The molecule has 1 nitrogen and oxygen atoms in total. The minimum atomic E-state index is -0.837. The van der Waals surface area contributed by atoms with Gasteiger partial charge in [-0.15, -0.1) is 0 Å². The summed E-state index contributed by atoms with van der Waals surface area (Å²) in [6.07, 6.45) is 3.84. The van der Waals surface area contributed by atoms with E-state index >= 15 is 0 Å². The monoisotopic (exact) mass is 201 g/mol. The summed E-state index contributed by atoms with van der Waals surface area (Å²) >= 11 is 0. The van der Waals surface area contributed by atoms with Gasteiger partial charge in [0.25, 0.3) is 0 Å². The first-order chi connectivity index (χ1) is 5.77. The molecule has 0 saturated carbocycles. The van der Waals surface area contributed by atoms with Crippen molar-refractivity contribution in [3.05, 3.63) is 0 Å². The maximum atomic E-state index is 5.53. The van der Waals surface area contributed by atoms with Crippen LogP contribution in [0.2, 0.25) is 25.7 Å². The first-order valence-corrected chi connectivity index (χ1v) is 9.18. The van der Waals surface area contributed by atoms with Crippen LogP contribution in [0.25, 0.3) is 0 Å². The Balaban J connectivity index is 3.75. The molecule has 0 bridgehead atoms. The Bertz CT molecular complexity index is 136. The molecule has 0 aromatic rings. The molecule has 0 fully saturated rings. The molecule has 0 rings (SSSR count). The molecule has 2 heteroatoms. The summed E-state index contributed by atoms with van der Waals surface area (Å²) in [5, 5.41) is 0. The quantitative estimate of drug-likeness (QED) is 0.654. The molecule has 0 aromatic heterocycles. The second-order valence-corrected chi connectivity index (χ2v) is 11.7. The summed E-state index contributed by atoms with van der Waals surface area (Å²) in [7, 11) is -0.837. The van der Waals surface area contributed by atoms with Crippen LogP contribution in [0, 0.1) is 5.41 Å². The molecule has 2 N–H and O–H groups in total. The van der Waals surface area contributed by atoms with Crippen molar-refractivity contribution in [2.24, 2.45) is 11.1 Å². The minimum Gasteiger partial charge on any atom is -0.330 e. The third-order valence-electron chi connectivity index (χ3n) is 2.61. The zero-order valence-corrected chi connectivity index (χ0v) is 11.1. The van der Waals surface area contributed by atoms with Crippen molar-refractivity contribution in [1.29, 1.82) is 0 Å². The van der Waals surface area contributed by atoms with E-state index in [4.69, 9.17) is 5.73 Å². The molecule has 0 unspecified atom stereocenters. The Morgan fingerprint density at radius 1 is 1.08 bits per heavy atom. The van der Waals surface area contributed by atoms with Gasteiger partial charge in [-0.1, -0.05) is 46.0 Å². The molecule has 0 atom stereocenters. The average Bonchev–Trinajstić information content (AvgIpc) is 1.97. The summed E-state index contributed by atoms with van der Waals surface area (Å²) in [6.45, 7) is 13.0. The third kappa shape index (κ3) is 8.51. The van der Waals surface area contributed by atoms with Crippen LogP contribution in [0.4, 0.5) is 0 Å². The highest BCUT2D eigenvalue weighted by Crippen LogP contribution is 2.30. The molecule has 0 saturated heterocycles. The molecule has 0 radical (unpaired) electrons. The Labute approximate surface area is 85.1 Å². The first kappa shape index (κ1) is 13.2. The topological polar surface area (TPSA) is 26.0 Å². The number of nitrogens with two attached hydrogens (primary N) is 1. The van der Waals surface area contributed by atoms with Crippen LogP contribution in [-0.4, -0.2) is 14.6 Å². The SMILES string of the molecule is CC(C)(CCCN)CC[Si](C)(C)C. The Hall–Kier alpha value is 0.177. The molecule has 80 valence electrons. The van der Waals surface area contributed by atoms with Gasteiger partial charge in [-0.25, -0.2) is 0 Å². The van der Waals surface area contributed by atoms with E-state index in [-0.39, 0.29) is 0 Å². The zero-order valence-electron chi connectivity index (χ0n) is 10.1. The van der Waals surface area contributed by atoms with Crippen molar-refractivity contribution in [3.8, 4) is 0 Å². The van der Waals surface area contributed by atoms with Gasteiger partial charge in [-0.2, -0.15) is 0 Å². The lowest BCUT2D eigenvalue weighted by atomic mass is 9.85. The predicted molar refractivity (Wildman–Crippen MR) is 64.8 cm³/mol. The highest BCUT2D eigenvalue weighted by Gasteiger charge is 2.21. The van der Waals surface area contributed by atoms with Crippen molar-refractivity contribution in [2.75, 3.05) is 6.54 Å². The Morgan fingerprint density at radius 2 is 1.62 bits per heavy atom. The first-order valence-electron chi connectivity index (χ1n) is 5.47. The average molecular weight is 201 g/mol. The minimum absolute atomic E-state index is 0.514. The van der Waals surface area contributed by atoms with Crippen molar-refractivity contribution in [1.82, 2.24) is 0 Å². The van der Waals surface area contributed by atoms with E-state index in [1.807, 2.05) is 0 Å². The fraction of sp³-hybridized carbons (Fsp3) is 1.00. The van der Waals surface area contributed by atoms with Crippen LogP contribution in [0.5, 0.6) is 0 Å².